The van der Waals surface area contributed by atoms with Gasteiger partial charge in [-0.1, -0.05) is 0 Å². The topological polar surface area (TPSA) is 34.5 Å². The molecular formula is C18H22N2O2. The molecule has 116 valence electrons. The maximum atomic E-state index is 11.4. The number of methoxy groups -OCH3 is 1. The van der Waals surface area contributed by atoms with Gasteiger partial charge >= 0.3 is 5.97 Å². The van der Waals surface area contributed by atoms with E-state index in [1.165, 1.54) is 40.9 Å². The van der Waals surface area contributed by atoms with Crippen molar-refractivity contribution in [2.24, 2.45) is 7.05 Å². The first-order valence-corrected chi connectivity index (χ1v) is 7.56. The minimum Gasteiger partial charge on any atom is -0.466 e. The molecule has 22 heavy (non-hydrogen) atoms. The van der Waals surface area contributed by atoms with Crippen molar-refractivity contribution >= 4 is 22.9 Å². The van der Waals surface area contributed by atoms with Crippen LogP contribution in [0.5, 0.6) is 0 Å². The summed E-state index contributed by atoms with van der Waals surface area (Å²) in [6.07, 6.45) is 4.42. The molecule has 4 nitrogen and oxygen atoms in total. The Labute approximate surface area is 131 Å². The fourth-order valence-corrected chi connectivity index (χ4v) is 3.40. The van der Waals surface area contributed by atoms with Crippen LogP contribution in [-0.2, 0) is 29.5 Å². The Balaban J connectivity index is 2.22. The highest BCUT2D eigenvalue weighted by Gasteiger charge is 2.22. The fourth-order valence-electron chi connectivity index (χ4n) is 3.40. The van der Waals surface area contributed by atoms with Crippen LogP contribution < -0.4 is 0 Å². The largest absolute Gasteiger partial charge is 0.466 e. The number of hydrogen-bond donors (Lipinski definition) is 0. The third-order valence-corrected chi connectivity index (χ3v) is 4.46. The Hall–Kier alpha value is -2.07. The third kappa shape index (κ3) is 2.44. The number of ether oxygens (including phenoxy) is 1. The van der Waals surface area contributed by atoms with Crippen LogP contribution in [0, 0.1) is 6.92 Å². The van der Waals surface area contributed by atoms with E-state index in [0.29, 0.717) is 0 Å². The first kappa shape index (κ1) is 14.9. The van der Waals surface area contributed by atoms with Gasteiger partial charge in [0.15, 0.2) is 0 Å². The summed E-state index contributed by atoms with van der Waals surface area (Å²) < 4.78 is 6.99. The maximum absolute atomic E-state index is 11.4. The lowest BCUT2D eigenvalue weighted by Crippen LogP contribution is -2.26. The van der Waals surface area contributed by atoms with Gasteiger partial charge in [-0.2, -0.15) is 0 Å². The minimum atomic E-state index is -0.326. The van der Waals surface area contributed by atoms with Gasteiger partial charge in [-0.25, -0.2) is 4.79 Å². The monoisotopic (exact) mass is 298 g/mol. The lowest BCUT2D eigenvalue weighted by atomic mass is 10.0. The van der Waals surface area contributed by atoms with Crippen molar-refractivity contribution in [1.82, 2.24) is 9.47 Å². The lowest BCUT2D eigenvalue weighted by molar-refractivity contribution is -0.134. The van der Waals surface area contributed by atoms with Crippen molar-refractivity contribution in [3.63, 3.8) is 0 Å². The smallest absolute Gasteiger partial charge is 0.330 e. The van der Waals surface area contributed by atoms with E-state index >= 15 is 0 Å². The lowest BCUT2D eigenvalue weighted by Gasteiger charge is -2.23. The van der Waals surface area contributed by atoms with E-state index in [1.54, 1.807) is 0 Å². The summed E-state index contributed by atoms with van der Waals surface area (Å²) in [6, 6.07) is 4.37. The van der Waals surface area contributed by atoms with E-state index in [4.69, 9.17) is 4.74 Å². The highest BCUT2D eigenvalue weighted by Crippen LogP contribution is 2.33. The number of carbonyl (C=O) groups is 1. The molecule has 0 N–H and O–H groups in total. The average molecular weight is 298 g/mol. The van der Waals surface area contributed by atoms with Gasteiger partial charge in [0, 0.05) is 43.7 Å². The van der Waals surface area contributed by atoms with Gasteiger partial charge in [-0.05, 0) is 48.9 Å². The number of fused-ring (bicyclic) bond motifs is 3. The van der Waals surface area contributed by atoms with Gasteiger partial charge in [0.2, 0.25) is 0 Å². The second-order valence-corrected chi connectivity index (χ2v) is 6.08. The molecule has 0 unspecified atom stereocenters. The van der Waals surface area contributed by atoms with Crippen LogP contribution in [0.1, 0.15) is 22.4 Å². The molecular weight excluding hydrogens is 276 g/mol. The predicted octanol–water partition coefficient (Wildman–Crippen LogP) is 2.66. The number of carbonyl (C=O) groups excluding carboxylic acids is 1. The summed E-state index contributed by atoms with van der Waals surface area (Å²) in [6.45, 7) is 4.17. The minimum absolute atomic E-state index is 0.326. The second-order valence-electron chi connectivity index (χ2n) is 6.08. The molecule has 1 aliphatic rings. The quantitative estimate of drug-likeness (QED) is 0.631. The van der Waals surface area contributed by atoms with Crippen molar-refractivity contribution in [1.29, 1.82) is 0 Å². The van der Waals surface area contributed by atoms with Crippen LogP contribution in [0.2, 0.25) is 0 Å². The normalized spacial score (nSPS) is 15.5. The maximum Gasteiger partial charge on any atom is 0.330 e. The van der Waals surface area contributed by atoms with Gasteiger partial charge in [0.25, 0.3) is 0 Å². The number of nitrogens with zero attached hydrogens (tertiary/aromatic N) is 2. The van der Waals surface area contributed by atoms with Crippen LogP contribution >= 0.6 is 0 Å². The first-order valence-electron chi connectivity index (χ1n) is 7.56. The zero-order valence-corrected chi connectivity index (χ0v) is 13.6. The Morgan fingerprint density at radius 3 is 2.82 bits per heavy atom. The molecule has 1 aromatic heterocycles. The standard InChI is InChI=1S/C18H22N2O2/c1-12-9-13(5-6-17(21)22-4)18-14(10-12)15-11-19(2)8-7-16(15)20(18)3/h5-6,9-10H,7-8,11H2,1-4H3/b6-5+. The van der Waals surface area contributed by atoms with Gasteiger partial charge < -0.3 is 14.2 Å². The number of likely N-dealkylation sites (N-methyl/N-ethyl adjacent to an activating group) is 1. The first-order chi connectivity index (χ1) is 10.5. The molecule has 0 saturated carbocycles. The highest BCUT2D eigenvalue weighted by molar-refractivity contribution is 5.96. The number of esters is 1. The molecule has 4 heteroatoms. The Kier molecular flexibility index (Phi) is 3.79. The number of rotatable bonds is 2. The van der Waals surface area contributed by atoms with Crippen LogP contribution in [-0.4, -0.2) is 36.1 Å². The molecule has 2 heterocycles. The van der Waals surface area contributed by atoms with E-state index in [-0.39, 0.29) is 5.97 Å². The van der Waals surface area contributed by atoms with Gasteiger partial charge in [-0.15, -0.1) is 0 Å². The molecule has 0 spiro atoms. The summed E-state index contributed by atoms with van der Waals surface area (Å²) in [7, 11) is 5.68. The summed E-state index contributed by atoms with van der Waals surface area (Å²) in [5, 5.41) is 1.30. The van der Waals surface area contributed by atoms with E-state index in [9.17, 15) is 4.79 Å². The van der Waals surface area contributed by atoms with E-state index < -0.39 is 0 Å². The molecule has 0 atom stereocenters. The Morgan fingerprint density at radius 1 is 1.32 bits per heavy atom. The number of aromatic nitrogens is 1. The molecule has 0 radical (unpaired) electrons. The molecule has 0 bridgehead atoms. The highest BCUT2D eigenvalue weighted by atomic mass is 16.5. The SMILES string of the molecule is COC(=O)/C=C/c1cc(C)cc2c3c(n(C)c12)CCN(C)C3. The van der Waals surface area contributed by atoms with Crippen molar-refractivity contribution in [2.75, 3.05) is 20.7 Å². The molecule has 1 aromatic carbocycles. The molecule has 0 aliphatic carbocycles. The molecule has 1 aliphatic heterocycles. The number of hydrogen-bond acceptors (Lipinski definition) is 3. The van der Waals surface area contributed by atoms with Gasteiger partial charge in [0.05, 0.1) is 12.6 Å². The molecule has 3 rings (SSSR count). The average Bonchev–Trinajstić information content (AvgIpc) is 2.77. The van der Waals surface area contributed by atoms with Crippen molar-refractivity contribution < 1.29 is 9.53 Å². The van der Waals surface area contributed by atoms with Crippen LogP contribution in [0.15, 0.2) is 18.2 Å². The van der Waals surface area contributed by atoms with E-state index in [2.05, 4.69) is 42.6 Å². The number of benzene rings is 1. The van der Waals surface area contributed by atoms with Crippen molar-refractivity contribution in [3.05, 3.63) is 40.6 Å². The summed E-state index contributed by atoms with van der Waals surface area (Å²) >= 11 is 0. The van der Waals surface area contributed by atoms with Crippen LogP contribution in [0.4, 0.5) is 0 Å². The third-order valence-electron chi connectivity index (χ3n) is 4.46. The van der Waals surface area contributed by atoms with Gasteiger partial charge in [0.1, 0.15) is 0 Å². The van der Waals surface area contributed by atoms with Gasteiger partial charge in [-0.3, -0.25) is 0 Å². The molecule has 0 saturated heterocycles. The fraction of sp³-hybridized carbons (Fsp3) is 0.389. The summed E-state index contributed by atoms with van der Waals surface area (Å²) in [5.74, 6) is -0.326. The van der Waals surface area contributed by atoms with Crippen LogP contribution in [0.3, 0.4) is 0 Å². The van der Waals surface area contributed by atoms with Crippen molar-refractivity contribution in [3.8, 4) is 0 Å². The Bertz CT molecular complexity index is 771. The van der Waals surface area contributed by atoms with E-state index in [0.717, 1.165) is 25.1 Å². The zero-order valence-electron chi connectivity index (χ0n) is 13.6. The molecule has 0 fully saturated rings. The molecule has 0 amide bonds. The van der Waals surface area contributed by atoms with Crippen molar-refractivity contribution in [2.45, 2.75) is 19.9 Å². The van der Waals surface area contributed by atoms with Crippen LogP contribution in [0.25, 0.3) is 17.0 Å². The molecule has 2 aromatic rings. The zero-order chi connectivity index (χ0) is 15.9. The summed E-state index contributed by atoms with van der Waals surface area (Å²) in [4.78, 5) is 13.8. The predicted molar refractivity (Wildman–Crippen MR) is 88.7 cm³/mol. The Morgan fingerprint density at radius 2 is 2.09 bits per heavy atom. The second kappa shape index (κ2) is 5.61. The number of aryl methyl sites for hydroxylation is 2. The summed E-state index contributed by atoms with van der Waals surface area (Å²) in [5.41, 5.74) is 6.30. The van der Waals surface area contributed by atoms with E-state index in [1.807, 2.05) is 6.08 Å².